The highest BCUT2D eigenvalue weighted by Crippen LogP contribution is 2.27. The molecule has 0 aromatic heterocycles. The fourth-order valence-corrected chi connectivity index (χ4v) is 1.94. The lowest BCUT2D eigenvalue weighted by Gasteiger charge is -2.09. The predicted octanol–water partition coefficient (Wildman–Crippen LogP) is 4.82. The molecule has 0 nitrogen and oxygen atoms in total. The summed E-state index contributed by atoms with van der Waals surface area (Å²) in [6.45, 7) is 0. The third kappa shape index (κ3) is 3.30. The second kappa shape index (κ2) is 5.96. The molecule has 0 fully saturated rings. The lowest BCUT2D eigenvalue weighted by atomic mass is 10.0. The zero-order chi connectivity index (χ0) is 13.0. The zero-order valence-electron chi connectivity index (χ0n) is 9.69. The van der Waals surface area contributed by atoms with Gasteiger partial charge in [-0.05, 0) is 23.1 Å². The number of hydrogen-bond donors (Lipinski definition) is 0. The highest BCUT2D eigenvalue weighted by Gasteiger charge is 2.18. The number of hydrogen-bond acceptors (Lipinski definition) is 0. The second-order valence-corrected chi connectivity index (χ2v) is 4.61. The Bertz CT molecular complexity index is 480. The molecule has 2 aromatic carbocycles. The van der Waals surface area contributed by atoms with Gasteiger partial charge in [-0.2, -0.15) is 0 Å². The van der Waals surface area contributed by atoms with Crippen LogP contribution in [0.4, 0.5) is 8.78 Å². The van der Waals surface area contributed by atoms with Crippen molar-refractivity contribution in [3.05, 3.63) is 71.3 Å². The molecular weight excluding hydrogens is 254 g/mol. The third-order valence-corrected chi connectivity index (χ3v) is 3.21. The fraction of sp³-hybridized carbons (Fsp3) is 0.200. The average molecular weight is 267 g/mol. The summed E-state index contributed by atoms with van der Waals surface area (Å²) in [5, 5.41) is -1.23. The Labute approximate surface area is 110 Å². The van der Waals surface area contributed by atoms with Crippen LogP contribution in [0.25, 0.3) is 0 Å². The Kier molecular flexibility index (Phi) is 4.32. The van der Waals surface area contributed by atoms with E-state index in [9.17, 15) is 8.78 Å². The number of benzene rings is 2. The smallest absolute Gasteiger partial charge is 0.208 e. The molecule has 0 spiro atoms. The molecule has 18 heavy (non-hydrogen) atoms. The normalized spacial score (nSPS) is 12.7. The molecule has 1 unspecified atom stereocenters. The molecular formula is C15H13ClF2. The SMILES string of the molecule is FC(F)C(Cl)c1ccc(Cc2ccccc2)cc1. The van der Waals surface area contributed by atoms with Crippen molar-refractivity contribution >= 4 is 11.6 Å². The van der Waals surface area contributed by atoms with E-state index in [1.807, 2.05) is 42.5 Å². The molecule has 0 amide bonds. The van der Waals surface area contributed by atoms with E-state index in [2.05, 4.69) is 0 Å². The maximum atomic E-state index is 12.4. The highest BCUT2D eigenvalue weighted by molar-refractivity contribution is 6.21. The minimum atomic E-state index is -2.54. The molecule has 0 saturated heterocycles. The Morgan fingerprint density at radius 2 is 1.39 bits per heavy atom. The molecule has 2 aromatic rings. The van der Waals surface area contributed by atoms with Crippen LogP contribution in [0.3, 0.4) is 0 Å². The van der Waals surface area contributed by atoms with E-state index >= 15 is 0 Å². The van der Waals surface area contributed by atoms with Crippen molar-refractivity contribution in [3.63, 3.8) is 0 Å². The van der Waals surface area contributed by atoms with E-state index in [1.54, 1.807) is 12.1 Å². The molecule has 0 bridgehead atoms. The van der Waals surface area contributed by atoms with Gasteiger partial charge in [0.2, 0.25) is 0 Å². The van der Waals surface area contributed by atoms with Crippen LogP contribution in [0.5, 0.6) is 0 Å². The zero-order valence-corrected chi connectivity index (χ0v) is 10.4. The lowest BCUT2D eigenvalue weighted by molar-refractivity contribution is 0.143. The molecule has 0 aliphatic rings. The number of rotatable bonds is 4. The van der Waals surface area contributed by atoms with Crippen molar-refractivity contribution in [1.29, 1.82) is 0 Å². The standard InChI is InChI=1S/C15H13ClF2/c16-14(15(17)18)13-8-6-12(7-9-13)10-11-4-2-1-3-5-11/h1-9,14-15H,10H2. The summed E-state index contributed by atoms with van der Waals surface area (Å²) < 4.78 is 24.9. The average Bonchev–Trinajstić information content (AvgIpc) is 2.40. The van der Waals surface area contributed by atoms with Gasteiger partial charge in [0.1, 0.15) is 5.38 Å². The summed E-state index contributed by atoms with van der Waals surface area (Å²) in [6.07, 6.45) is -1.74. The largest absolute Gasteiger partial charge is 0.258 e. The maximum absolute atomic E-state index is 12.4. The summed E-state index contributed by atoms with van der Waals surface area (Å²) >= 11 is 5.60. The Hall–Kier alpha value is -1.41. The van der Waals surface area contributed by atoms with Gasteiger partial charge in [-0.25, -0.2) is 8.78 Å². The summed E-state index contributed by atoms with van der Waals surface area (Å²) in [5.74, 6) is 0. The Morgan fingerprint density at radius 3 is 1.94 bits per heavy atom. The molecule has 0 N–H and O–H groups in total. The van der Waals surface area contributed by atoms with E-state index in [0.717, 1.165) is 12.0 Å². The van der Waals surface area contributed by atoms with Crippen LogP contribution in [0, 0.1) is 0 Å². The van der Waals surface area contributed by atoms with Crippen LogP contribution in [0.1, 0.15) is 22.1 Å². The quantitative estimate of drug-likeness (QED) is 0.696. The van der Waals surface area contributed by atoms with Gasteiger partial charge in [0, 0.05) is 0 Å². The van der Waals surface area contributed by atoms with E-state index in [1.165, 1.54) is 5.56 Å². The first-order valence-corrected chi connectivity index (χ1v) is 6.15. The first kappa shape index (κ1) is 13.0. The second-order valence-electron chi connectivity index (χ2n) is 4.14. The predicted molar refractivity (Wildman–Crippen MR) is 70.3 cm³/mol. The third-order valence-electron chi connectivity index (χ3n) is 2.77. The first-order chi connectivity index (χ1) is 8.66. The summed E-state index contributed by atoms with van der Waals surface area (Å²) in [5.41, 5.74) is 2.74. The summed E-state index contributed by atoms with van der Waals surface area (Å²) in [7, 11) is 0. The van der Waals surface area contributed by atoms with Gasteiger partial charge < -0.3 is 0 Å². The van der Waals surface area contributed by atoms with Crippen LogP contribution in [-0.4, -0.2) is 6.43 Å². The molecule has 2 rings (SSSR count). The van der Waals surface area contributed by atoms with Crippen LogP contribution >= 0.6 is 11.6 Å². The lowest BCUT2D eigenvalue weighted by Crippen LogP contribution is -2.01. The van der Waals surface area contributed by atoms with Gasteiger partial charge in [-0.15, -0.1) is 11.6 Å². The molecule has 3 heteroatoms. The van der Waals surface area contributed by atoms with Gasteiger partial charge >= 0.3 is 0 Å². The molecule has 0 heterocycles. The van der Waals surface area contributed by atoms with Gasteiger partial charge in [0.05, 0.1) is 0 Å². The van der Waals surface area contributed by atoms with Crippen molar-refractivity contribution in [2.24, 2.45) is 0 Å². The maximum Gasteiger partial charge on any atom is 0.258 e. The molecule has 0 aliphatic heterocycles. The van der Waals surface area contributed by atoms with Crippen LogP contribution in [-0.2, 0) is 6.42 Å². The van der Waals surface area contributed by atoms with Crippen molar-refractivity contribution in [2.75, 3.05) is 0 Å². The molecule has 0 saturated carbocycles. The van der Waals surface area contributed by atoms with Crippen molar-refractivity contribution in [3.8, 4) is 0 Å². The molecule has 94 valence electrons. The van der Waals surface area contributed by atoms with Crippen LogP contribution in [0.15, 0.2) is 54.6 Å². The van der Waals surface area contributed by atoms with Crippen molar-refractivity contribution < 1.29 is 8.78 Å². The molecule has 0 aliphatic carbocycles. The van der Waals surface area contributed by atoms with Crippen molar-refractivity contribution in [2.45, 2.75) is 18.2 Å². The summed E-state index contributed by atoms with van der Waals surface area (Å²) in [6, 6.07) is 17.0. The van der Waals surface area contributed by atoms with E-state index in [0.29, 0.717) is 5.56 Å². The molecule has 1 atom stereocenters. The van der Waals surface area contributed by atoms with Gasteiger partial charge in [0.15, 0.2) is 0 Å². The Morgan fingerprint density at radius 1 is 0.833 bits per heavy atom. The first-order valence-electron chi connectivity index (χ1n) is 5.72. The number of halogens is 3. The van der Waals surface area contributed by atoms with Gasteiger partial charge in [-0.3, -0.25) is 0 Å². The highest BCUT2D eigenvalue weighted by atomic mass is 35.5. The number of alkyl halides is 3. The van der Waals surface area contributed by atoms with E-state index in [4.69, 9.17) is 11.6 Å². The minimum absolute atomic E-state index is 0.462. The minimum Gasteiger partial charge on any atom is -0.208 e. The topological polar surface area (TPSA) is 0 Å². The fourth-order valence-electron chi connectivity index (χ4n) is 1.80. The van der Waals surface area contributed by atoms with E-state index in [-0.39, 0.29) is 0 Å². The van der Waals surface area contributed by atoms with Gasteiger partial charge in [0.25, 0.3) is 6.43 Å². The molecule has 0 radical (unpaired) electrons. The monoisotopic (exact) mass is 266 g/mol. The van der Waals surface area contributed by atoms with Crippen molar-refractivity contribution in [1.82, 2.24) is 0 Å². The van der Waals surface area contributed by atoms with E-state index < -0.39 is 11.8 Å². The van der Waals surface area contributed by atoms with Gasteiger partial charge in [-0.1, -0.05) is 54.6 Å². The van der Waals surface area contributed by atoms with Crippen LogP contribution in [0.2, 0.25) is 0 Å². The summed E-state index contributed by atoms with van der Waals surface area (Å²) in [4.78, 5) is 0. The van der Waals surface area contributed by atoms with Crippen LogP contribution < -0.4 is 0 Å². The Balaban J connectivity index is 2.09.